The molecule has 0 atom stereocenters. The standard InChI is InChI=1S/C17H18N2O3/c1-11-8-12(4-6-14(11)19(2)3)17(20)18-13-5-7-15-16(9-13)22-10-21-15/h4-9H,10H2,1-3H3,(H,18,20). The van der Waals surface area contributed by atoms with Crippen LogP contribution in [0.15, 0.2) is 36.4 Å². The van der Waals surface area contributed by atoms with Crippen LogP contribution in [-0.4, -0.2) is 26.8 Å². The zero-order chi connectivity index (χ0) is 15.7. The van der Waals surface area contributed by atoms with Crippen LogP contribution < -0.4 is 19.7 Å². The van der Waals surface area contributed by atoms with Crippen LogP contribution in [-0.2, 0) is 0 Å². The largest absolute Gasteiger partial charge is 0.454 e. The highest BCUT2D eigenvalue weighted by atomic mass is 16.7. The van der Waals surface area contributed by atoms with E-state index >= 15 is 0 Å². The van der Waals surface area contributed by atoms with Crippen molar-refractivity contribution in [1.82, 2.24) is 0 Å². The van der Waals surface area contributed by atoms with Gasteiger partial charge in [0.05, 0.1) is 0 Å². The predicted octanol–water partition coefficient (Wildman–Crippen LogP) is 3.04. The van der Waals surface area contributed by atoms with Gasteiger partial charge in [-0.1, -0.05) is 0 Å². The van der Waals surface area contributed by atoms with Crippen LogP contribution in [0.5, 0.6) is 11.5 Å². The van der Waals surface area contributed by atoms with Crippen molar-refractivity contribution >= 4 is 17.3 Å². The van der Waals surface area contributed by atoms with Gasteiger partial charge in [0.15, 0.2) is 11.5 Å². The maximum Gasteiger partial charge on any atom is 0.255 e. The number of hydrogen-bond donors (Lipinski definition) is 1. The third-order valence-electron chi connectivity index (χ3n) is 3.57. The molecular weight excluding hydrogens is 280 g/mol. The summed E-state index contributed by atoms with van der Waals surface area (Å²) in [7, 11) is 3.96. The van der Waals surface area contributed by atoms with Crippen molar-refractivity contribution in [3.8, 4) is 11.5 Å². The fourth-order valence-electron chi connectivity index (χ4n) is 2.48. The van der Waals surface area contributed by atoms with Gasteiger partial charge < -0.3 is 19.7 Å². The van der Waals surface area contributed by atoms with Crippen LogP contribution in [0.2, 0.25) is 0 Å². The number of carbonyl (C=O) groups excluding carboxylic acids is 1. The van der Waals surface area contributed by atoms with Crippen molar-refractivity contribution in [2.75, 3.05) is 31.1 Å². The smallest absolute Gasteiger partial charge is 0.255 e. The molecule has 114 valence electrons. The van der Waals surface area contributed by atoms with Crippen molar-refractivity contribution in [2.45, 2.75) is 6.92 Å². The molecule has 0 spiro atoms. The SMILES string of the molecule is Cc1cc(C(=O)Nc2ccc3c(c2)OCO3)ccc1N(C)C. The Morgan fingerprint density at radius 3 is 2.59 bits per heavy atom. The Balaban J connectivity index is 1.78. The summed E-state index contributed by atoms with van der Waals surface area (Å²) in [6, 6.07) is 11.0. The summed E-state index contributed by atoms with van der Waals surface area (Å²) in [5.74, 6) is 1.20. The summed E-state index contributed by atoms with van der Waals surface area (Å²) in [5.41, 5.74) is 3.47. The van der Waals surface area contributed by atoms with E-state index in [9.17, 15) is 4.79 Å². The molecule has 0 aromatic heterocycles. The second-order valence-corrected chi connectivity index (χ2v) is 5.42. The zero-order valence-corrected chi connectivity index (χ0v) is 12.8. The average molecular weight is 298 g/mol. The molecular formula is C17H18N2O3. The highest BCUT2D eigenvalue weighted by Gasteiger charge is 2.15. The van der Waals surface area contributed by atoms with Crippen molar-refractivity contribution in [3.63, 3.8) is 0 Å². The van der Waals surface area contributed by atoms with Gasteiger partial charge in [-0.25, -0.2) is 0 Å². The number of anilines is 2. The quantitative estimate of drug-likeness (QED) is 0.946. The second-order valence-electron chi connectivity index (χ2n) is 5.42. The first-order valence-electron chi connectivity index (χ1n) is 7.03. The molecule has 0 aliphatic carbocycles. The van der Waals surface area contributed by atoms with Gasteiger partial charge in [-0.3, -0.25) is 4.79 Å². The van der Waals surface area contributed by atoms with Crippen LogP contribution in [0, 0.1) is 6.92 Å². The molecule has 0 saturated carbocycles. The predicted molar refractivity (Wildman–Crippen MR) is 86.0 cm³/mol. The number of rotatable bonds is 3. The third-order valence-corrected chi connectivity index (χ3v) is 3.57. The molecule has 1 N–H and O–H groups in total. The number of fused-ring (bicyclic) bond motifs is 1. The lowest BCUT2D eigenvalue weighted by Crippen LogP contribution is -2.14. The topological polar surface area (TPSA) is 50.8 Å². The van der Waals surface area contributed by atoms with E-state index in [0.717, 1.165) is 11.3 Å². The Hall–Kier alpha value is -2.69. The van der Waals surface area contributed by atoms with Gasteiger partial charge in [-0.2, -0.15) is 0 Å². The molecule has 2 aromatic rings. The van der Waals surface area contributed by atoms with Crippen molar-refractivity contribution in [2.24, 2.45) is 0 Å². The Bertz CT molecular complexity index is 726. The molecule has 22 heavy (non-hydrogen) atoms. The van der Waals surface area contributed by atoms with Crippen LogP contribution in [0.4, 0.5) is 11.4 Å². The van der Waals surface area contributed by atoms with Gasteiger partial charge in [0, 0.05) is 37.1 Å². The lowest BCUT2D eigenvalue weighted by molar-refractivity contribution is 0.102. The number of aryl methyl sites for hydroxylation is 1. The lowest BCUT2D eigenvalue weighted by atomic mass is 10.1. The minimum Gasteiger partial charge on any atom is -0.454 e. The van der Waals surface area contributed by atoms with E-state index in [-0.39, 0.29) is 12.7 Å². The van der Waals surface area contributed by atoms with Crippen molar-refractivity contribution < 1.29 is 14.3 Å². The molecule has 0 saturated heterocycles. The molecule has 0 bridgehead atoms. The summed E-state index contributed by atoms with van der Waals surface area (Å²) in [4.78, 5) is 14.4. The number of nitrogens with one attached hydrogen (secondary N) is 1. The molecule has 0 fully saturated rings. The number of benzene rings is 2. The number of ether oxygens (including phenoxy) is 2. The fraction of sp³-hybridized carbons (Fsp3) is 0.235. The Morgan fingerprint density at radius 1 is 1.09 bits per heavy atom. The normalized spacial score (nSPS) is 12.1. The van der Waals surface area contributed by atoms with Crippen molar-refractivity contribution in [1.29, 1.82) is 0 Å². The van der Waals surface area contributed by atoms with E-state index < -0.39 is 0 Å². The third kappa shape index (κ3) is 2.70. The van der Waals surface area contributed by atoms with Gasteiger partial charge in [0.2, 0.25) is 6.79 Å². The van der Waals surface area contributed by atoms with Gasteiger partial charge in [-0.05, 0) is 42.8 Å². The minimum absolute atomic E-state index is 0.146. The van der Waals surface area contributed by atoms with E-state index in [0.29, 0.717) is 22.7 Å². The summed E-state index contributed by atoms with van der Waals surface area (Å²) >= 11 is 0. The summed E-state index contributed by atoms with van der Waals surface area (Å²) in [5, 5.41) is 2.88. The molecule has 1 aliphatic heterocycles. The van der Waals surface area contributed by atoms with E-state index in [1.807, 2.05) is 44.1 Å². The van der Waals surface area contributed by atoms with Crippen LogP contribution in [0.25, 0.3) is 0 Å². The average Bonchev–Trinajstić information content (AvgIpc) is 2.94. The first-order chi connectivity index (χ1) is 10.5. The first kappa shape index (κ1) is 14.3. The molecule has 3 rings (SSSR count). The second kappa shape index (κ2) is 5.60. The van der Waals surface area contributed by atoms with Gasteiger partial charge in [0.25, 0.3) is 5.91 Å². The number of hydrogen-bond acceptors (Lipinski definition) is 4. The Morgan fingerprint density at radius 2 is 1.86 bits per heavy atom. The number of amides is 1. The van der Waals surface area contributed by atoms with E-state index in [1.165, 1.54) is 0 Å². The van der Waals surface area contributed by atoms with Crippen LogP contribution >= 0.6 is 0 Å². The summed E-state index contributed by atoms with van der Waals surface area (Å²) < 4.78 is 10.6. The van der Waals surface area contributed by atoms with Gasteiger partial charge >= 0.3 is 0 Å². The zero-order valence-electron chi connectivity index (χ0n) is 12.8. The van der Waals surface area contributed by atoms with Crippen LogP contribution in [0.1, 0.15) is 15.9 Å². The van der Waals surface area contributed by atoms with E-state index in [2.05, 4.69) is 5.32 Å². The highest BCUT2D eigenvalue weighted by Crippen LogP contribution is 2.34. The summed E-state index contributed by atoms with van der Waals surface area (Å²) in [6.45, 7) is 2.21. The molecule has 5 heteroatoms. The van der Waals surface area contributed by atoms with Crippen LogP contribution in [0.3, 0.4) is 0 Å². The molecule has 0 radical (unpaired) electrons. The number of carbonyl (C=O) groups is 1. The van der Waals surface area contributed by atoms with Gasteiger partial charge in [0.1, 0.15) is 0 Å². The molecule has 1 aliphatic rings. The van der Waals surface area contributed by atoms with E-state index in [1.54, 1.807) is 18.2 Å². The molecule has 1 heterocycles. The monoisotopic (exact) mass is 298 g/mol. The first-order valence-corrected chi connectivity index (χ1v) is 7.03. The van der Waals surface area contributed by atoms with Gasteiger partial charge in [-0.15, -0.1) is 0 Å². The summed E-state index contributed by atoms with van der Waals surface area (Å²) in [6.07, 6.45) is 0. The lowest BCUT2D eigenvalue weighted by Gasteiger charge is -2.16. The molecule has 0 unspecified atom stereocenters. The maximum atomic E-state index is 12.4. The minimum atomic E-state index is -0.146. The highest BCUT2D eigenvalue weighted by molar-refractivity contribution is 6.04. The maximum absolute atomic E-state index is 12.4. The molecule has 2 aromatic carbocycles. The van der Waals surface area contributed by atoms with Crippen molar-refractivity contribution in [3.05, 3.63) is 47.5 Å². The molecule has 5 nitrogen and oxygen atoms in total. The molecule has 1 amide bonds. The van der Waals surface area contributed by atoms with E-state index in [4.69, 9.17) is 9.47 Å². The number of nitrogens with zero attached hydrogens (tertiary/aromatic N) is 1. The fourth-order valence-corrected chi connectivity index (χ4v) is 2.48. The Kier molecular flexibility index (Phi) is 3.63. The Labute approximate surface area is 129 Å².